The average Bonchev–Trinajstić information content (AvgIpc) is 2.56. The smallest absolute Gasteiger partial charge is 0.308 e. The van der Waals surface area contributed by atoms with Crippen LogP contribution in [0.2, 0.25) is 0 Å². The van der Waals surface area contributed by atoms with Crippen LogP contribution in [0.1, 0.15) is 31.5 Å². The molecule has 2 aromatic carbocycles. The van der Waals surface area contributed by atoms with Gasteiger partial charge in [-0.1, -0.05) is 32.0 Å². The van der Waals surface area contributed by atoms with Gasteiger partial charge in [-0.05, 0) is 61.6 Å². The average molecular weight is 350 g/mol. The maximum absolute atomic E-state index is 12.1. The van der Waals surface area contributed by atoms with Crippen molar-refractivity contribution in [3.8, 4) is 5.69 Å². The number of rotatable bonds is 6. The van der Waals surface area contributed by atoms with E-state index in [9.17, 15) is 4.79 Å². The summed E-state index contributed by atoms with van der Waals surface area (Å²) in [4.78, 5) is 12.1. The van der Waals surface area contributed by atoms with Crippen LogP contribution in [0.3, 0.4) is 0 Å². The van der Waals surface area contributed by atoms with Crippen molar-refractivity contribution in [3.63, 3.8) is 0 Å². The van der Waals surface area contributed by atoms with Gasteiger partial charge in [0.15, 0.2) is 0 Å². The van der Waals surface area contributed by atoms with Crippen LogP contribution >= 0.6 is 0 Å². The number of carbonyl (C=O) groups is 1. The van der Waals surface area contributed by atoms with E-state index in [1.165, 1.54) is 12.1 Å². The minimum absolute atomic E-state index is 0.245. The van der Waals surface area contributed by atoms with Gasteiger partial charge < -0.3 is 10.6 Å². The fourth-order valence-electron chi connectivity index (χ4n) is 2.71. The van der Waals surface area contributed by atoms with E-state index >= 15 is 0 Å². The van der Waals surface area contributed by atoms with Gasteiger partial charge in [-0.25, -0.2) is 4.79 Å². The largest absolute Gasteiger partial charge is 0.323 e. The molecule has 1 aromatic heterocycles. The number of aromatic amines is 1. The van der Waals surface area contributed by atoms with Crippen LogP contribution in [-0.4, -0.2) is 15.8 Å². The fourth-order valence-corrected chi connectivity index (χ4v) is 2.71. The Bertz CT molecular complexity index is 846. The fraction of sp³-hybridized carbons (Fsp3) is 0.286. The SMILES string of the molecule is Cc1ccccc1NC(=O)Nc1ccc(-n2cc(CCC(C)C)[nH]2)cc1. The van der Waals surface area contributed by atoms with Crippen LogP contribution < -0.4 is 10.6 Å². The number of amides is 2. The monoisotopic (exact) mass is 350 g/mol. The van der Waals surface area contributed by atoms with Crippen molar-refractivity contribution in [2.75, 3.05) is 10.6 Å². The summed E-state index contributed by atoms with van der Waals surface area (Å²) in [6.07, 6.45) is 4.38. The van der Waals surface area contributed by atoms with E-state index in [0.29, 0.717) is 5.92 Å². The van der Waals surface area contributed by atoms with Gasteiger partial charge in [0.05, 0.1) is 11.4 Å². The van der Waals surface area contributed by atoms with Crippen molar-refractivity contribution in [1.82, 2.24) is 9.78 Å². The molecule has 1 heterocycles. The van der Waals surface area contributed by atoms with Gasteiger partial charge in [-0.3, -0.25) is 9.78 Å². The second-order valence-electron chi connectivity index (χ2n) is 7.01. The molecule has 0 aliphatic rings. The topological polar surface area (TPSA) is 61.9 Å². The Morgan fingerprint density at radius 1 is 1.08 bits per heavy atom. The maximum atomic E-state index is 12.1. The first-order chi connectivity index (χ1) is 12.5. The quantitative estimate of drug-likeness (QED) is 0.551. The van der Waals surface area contributed by atoms with Crippen LogP contribution in [0.5, 0.6) is 0 Å². The summed E-state index contributed by atoms with van der Waals surface area (Å²) in [5, 5.41) is 9.07. The Morgan fingerprint density at radius 3 is 2.42 bits per heavy atom. The number of benzene rings is 2. The van der Waals surface area contributed by atoms with Crippen LogP contribution in [0, 0.1) is 12.8 Å². The minimum Gasteiger partial charge on any atom is -0.308 e. The van der Waals surface area contributed by atoms with E-state index in [-0.39, 0.29) is 6.03 Å². The standard InChI is InChI=1S/C21H26N4O/c1-15(2)8-9-18-14-25(24-18)19-12-10-17(11-13-19)22-21(26)23-20-7-5-4-6-16(20)3/h4-7,10-15,24H,8-9H2,1-3H3,(H2,22,23,26). The molecule has 0 unspecified atom stereocenters. The maximum Gasteiger partial charge on any atom is 0.323 e. The molecular formula is C21H26N4O. The molecule has 0 bridgehead atoms. The predicted molar refractivity (Wildman–Crippen MR) is 107 cm³/mol. The minimum atomic E-state index is -0.245. The number of para-hydroxylation sites is 1. The first-order valence-corrected chi connectivity index (χ1v) is 9.01. The zero-order valence-corrected chi connectivity index (χ0v) is 15.5. The third-order valence-electron chi connectivity index (χ3n) is 4.34. The van der Waals surface area contributed by atoms with Gasteiger partial charge in [0.2, 0.25) is 0 Å². The lowest BCUT2D eigenvalue weighted by Gasteiger charge is -2.17. The molecule has 0 saturated heterocycles. The molecule has 0 aliphatic carbocycles. The van der Waals surface area contributed by atoms with Crippen molar-refractivity contribution < 1.29 is 4.79 Å². The molecule has 3 N–H and O–H groups in total. The molecule has 0 saturated carbocycles. The van der Waals surface area contributed by atoms with Gasteiger partial charge >= 0.3 is 6.03 Å². The van der Waals surface area contributed by atoms with E-state index < -0.39 is 0 Å². The van der Waals surface area contributed by atoms with E-state index in [1.807, 2.05) is 60.1 Å². The lowest BCUT2D eigenvalue weighted by molar-refractivity contribution is 0.262. The number of nitrogens with zero attached hydrogens (tertiary/aromatic N) is 1. The lowest BCUT2D eigenvalue weighted by atomic mass is 10.1. The highest BCUT2D eigenvalue weighted by Gasteiger charge is 2.07. The third-order valence-corrected chi connectivity index (χ3v) is 4.34. The molecule has 3 rings (SSSR count). The number of carbonyl (C=O) groups excluding carboxylic acids is 1. The summed E-state index contributed by atoms with van der Waals surface area (Å²) in [5.41, 5.74) is 4.90. The molecular weight excluding hydrogens is 324 g/mol. The van der Waals surface area contributed by atoms with Gasteiger partial charge in [0.1, 0.15) is 0 Å². The number of anilines is 2. The highest BCUT2D eigenvalue weighted by atomic mass is 16.2. The number of aryl methyl sites for hydroxylation is 2. The Labute approximate surface area is 154 Å². The lowest BCUT2D eigenvalue weighted by Crippen LogP contribution is -2.20. The van der Waals surface area contributed by atoms with Crippen LogP contribution in [0.25, 0.3) is 5.69 Å². The van der Waals surface area contributed by atoms with Crippen molar-refractivity contribution in [3.05, 3.63) is 66.0 Å². The Balaban J connectivity index is 1.55. The predicted octanol–water partition coefficient (Wildman–Crippen LogP) is 5.35. The van der Waals surface area contributed by atoms with E-state index in [4.69, 9.17) is 0 Å². The molecule has 0 atom stereocenters. The summed E-state index contributed by atoms with van der Waals surface area (Å²) in [6.45, 7) is 6.43. The van der Waals surface area contributed by atoms with Crippen molar-refractivity contribution >= 4 is 17.4 Å². The Hall–Kier alpha value is -2.95. The first kappa shape index (κ1) is 17.9. The molecule has 136 valence electrons. The first-order valence-electron chi connectivity index (χ1n) is 9.01. The highest BCUT2D eigenvalue weighted by molar-refractivity contribution is 6.00. The summed E-state index contributed by atoms with van der Waals surface area (Å²) in [6, 6.07) is 15.2. The molecule has 5 nitrogen and oxygen atoms in total. The van der Waals surface area contributed by atoms with E-state index in [2.05, 4.69) is 35.8 Å². The molecule has 0 aliphatic heterocycles. The number of urea groups is 1. The molecule has 5 heteroatoms. The van der Waals surface area contributed by atoms with Crippen LogP contribution in [-0.2, 0) is 6.42 Å². The number of aromatic nitrogens is 2. The number of H-pyrrole nitrogens is 1. The number of hydrogen-bond donors (Lipinski definition) is 3. The third kappa shape index (κ3) is 4.57. The van der Waals surface area contributed by atoms with Crippen molar-refractivity contribution in [2.24, 2.45) is 5.92 Å². The second-order valence-corrected chi connectivity index (χ2v) is 7.01. The Kier molecular flexibility index (Phi) is 5.46. The zero-order valence-electron chi connectivity index (χ0n) is 15.5. The molecule has 2 amide bonds. The molecule has 0 radical (unpaired) electrons. The van der Waals surface area contributed by atoms with Crippen LogP contribution in [0.15, 0.2) is 54.7 Å². The van der Waals surface area contributed by atoms with Gasteiger partial charge in [-0.2, -0.15) is 0 Å². The summed E-state index contributed by atoms with van der Waals surface area (Å²) in [7, 11) is 0. The number of hydrogen-bond acceptors (Lipinski definition) is 1. The summed E-state index contributed by atoms with van der Waals surface area (Å²) < 4.78 is 1.99. The summed E-state index contributed by atoms with van der Waals surface area (Å²) >= 11 is 0. The zero-order chi connectivity index (χ0) is 18.5. The van der Waals surface area contributed by atoms with E-state index in [1.54, 1.807) is 0 Å². The molecule has 0 spiro atoms. The normalized spacial score (nSPS) is 10.9. The van der Waals surface area contributed by atoms with E-state index in [0.717, 1.165) is 29.0 Å². The molecule has 3 aromatic rings. The second kappa shape index (κ2) is 7.95. The van der Waals surface area contributed by atoms with Gasteiger partial charge in [-0.15, -0.1) is 0 Å². The molecule has 26 heavy (non-hydrogen) atoms. The summed E-state index contributed by atoms with van der Waals surface area (Å²) in [5.74, 6) is 0.711. The Morgan fingerprint density at radius 2 is 1.77 bits per heavy atom. The highest BCUT2D eigenvalue weighted by Crippen LogP contribution is 2.17. The van der Waals surface area contributed by atoms with Crippen molar-refractivity contribution in [1.29, 1.82) is 0 Å². The van der Waals surface area contributed by atoms with Gasteiger partial charge in [0.25, 0.3) is 0 Å². The van der Waals surface area contributed by atoms with Gasteiger partial charge in [0, 0.05) is 17.6 Å². The molecule has 0 fully saturated rings. The number of nitrogens with one attached hydrogen (secondary N) is 3. The van der Waals surface area contributed by atoms with Crippen LogP contribution in [0.4, 0.5) is 16.2 Å². The van der Waals surface area contributed by atoms with Crippen molar-refractivity contribution in [2.45, 2.75) is 33.6 Å².